The quantitative estimate of drug-likeness (QED) is 0.812. The molecule has 0 spiro atoms. The van der Waals surface area contributed by atoms with Crippen LogP contribution in [0.3, 0.4) is 0 Å². The Balaban J connectivity index is 1.78. The van der Waals surface area contributed by atoms with E-state index in [-0.39, 0.29) is 5.91 Å². The van der Waals surface area contributed by atoms with Gasteiger partial charge in [0.25, 0.3) is 11.8 Å². The van der Waals surface area contributed by atoms with Gasteiger partial charge in [-0.05, 0) is 38.1 Å². The van der Waals surface area contributed by atoms with E-state index in [1.165, 1.54) is 0 Å². The molecule has 0 aromatic carbocycles. The third kappa shape index (κ3) is 2.21. The highest BCUT2D eigenvalue weighted by atomic mass is 16.2. The van der Waals surface area contributed by atoms with Crippen molar-refractivity contribution in [2.75, 3.05) is 12.0 Å². The first-order valence-electron chi connectivity index (χ1n) is 7.58. The summed E-state index contributed by atoms with van der Waals surface area (Å²) in [6.07, 6.45) is 3.51. The van der Waals surface area contributed by atoms with Crippen molar-refractivity contribution >= 4 is 28.5 Å². The number of nitrogens with zero attached hydrogens (tertiary/aromatic N) is 3. The van der Waals surface area contributed by atoms with Crippen LogP contribution in [0.1, 0.15) is 11.4 Å². The average molecular weight is 321 g/mol. The topological polar surface area (TPSA) is 87.2 Å². The molecular formula is C17H15N5O2. The number of aromatic nitrogens is 2. The molecule has 0 fully saturated rings. The first-order chi connectivity index (χ1) is 11.5. The molecule has 7 heteroatoms. The molecular weight excluding hydrogens is 306 g/mol. The molecule has 2 aliphatic heterocycles. The maximum atomic E-state index is 12.1. The zero-order valence-electron chi connectivity index (χ0n) is 13.3. The minimum absolute atomic E-state index is 0.338. The average Bonchev–Trinajstić information content (AvgIpc) is 2.82. The lowest BCUT2D eigenvalue weighted by Crippen LogP contribution is -2.36. The highest BCUT2D eigenvalue weighted by Gasteiger charge is 2.34. The number of carbonyl (C=O) groups excluding carboxylic acids is 2. The smallest absolute Gasteiger partial charge is 0.277 e. The van der Waals surface area contributed by atoms with E-state index >= 15 is 0 Å². The molecule has 2 amide bonds. The first-order valence-corrected chi connectivity index (χ1v) is 7.58. The monoisotopic (exact) mass is 321 g/mol. The van der Waals surface area contributed by atoms with Crippen LogP contribution in [0.25, 0.3) is 11.0 Å². The van der Waals surface area contributed by atoms with Crippen molar-refractivity contribution in [3.63, 3.8) is 0 Å². The number of pyridine rings is 2. The second-order valence-corrected chi connectivity index (χ2v) is 5.81. The second-order valence-electron chi connectivity index (χ2n) is 5.81. The lowest BCUT2D eigenvalue weighted by atomic mass is 10.1. The summed E-state index contributed by atoms with van der Waals surface area (Å²) < 4.78 is 0. The number of hydrogen-bond acceptors (Lipinski definition) is 6. The highest BCUT2D eigenvalue weighted by molar-refractivity contribution is 6.20. The van der Waals surface area contributed by atoms with E-state index in [0.29, 0.717) is 23.5 Å². The summed E-state index contributed by atoms with van der Waals surface area (Å²) >= 11 is 0. The van der Waals surface area contributed by atoms with Gasteiger partial charge in [0.15, 0.2) is 5.65 Å². The molecule has 2 N–H and O–H groups in total. The minimum Gasteiger partial charge on any atom is -0.297 e. The van der Waals surface area contributed by atoms with Crippen LogP contribution >= 0.6 is 0 Å². The maximum Gasteiger partial charge on any atom is 0.277 e. The summed E-state index contributed by atoms with van der Waals surface area (Å²) in [6.45, 7) is 4.28. The van der Waals surface area contributed by atoms with Crippen LogP contribution in [0.15, 0.2) is 41.6 Å². The predicted molar refractivity (Wildman–Crippen MR) is 88.7 cm³/mol. The van der Waals surface area contributed by atoms with Gasteiger partial charge in [-0.1, -0.05) is 6.08 Å². The third-order valence-corrected chi connectivity index (χ3v) is 3.98. The van der Waals surface area contributed by atoms with Gasteiger partial charge in [-0.25, -0.2) is 9.97 Å². The van der Waals surface area contributed by atoms with Crippen LogP contribution in [0.2, 0.25) is 0 Å². The summed E-state index contributed by atoms with van der Waals surface area (Å²) in [5.41, 5.74) is 7.09. The van der Waals surface area contributed by atoms with Crippen molar-refractivity contribution in [3.05, 3.63) is 53.0 Å². The Morgan fingerprint density at radius 1 is 1.12 bits per heavy atom. The van der Waals surface area contributed by atoms with Crippen molar-refractivity contribution in [1.82, 2.24) is 20.3 Å². The van der Waals surface area contributed by atoms with Crippen LogP contribution in [0.4, 0.5) is 5.69 Å². The van der Waals surface area contributed by atoms with Gasteiger partial charge >= 0.3 is 0 Å². The molecule has 0 saturated carbocycles. The van der Waals surface area contributed by atoms with Crippen LogP contribution in [-0.4, -0.2) is 33.3 Å². The summed E-state index contributed by atoms with van der Waals surface area (Å²) in [7, 11) is 0. The van der Waals surface area contributed by atoms with E-state index in [9.17, 15) is 9.59 Å². The Hall–Kier alpha value is -3.22. The molecule has 2 aliphatic rings. The number of aryl methyl sites for hydroxylation is 2. The number of amides is 2. The number of anilines is 1. The van der Waals surface area contributed by atoms with E-state index in [0.717, 1.165) is 22.5 Å². The standard InChI is InChI=1S/C17H15N5O2/c1-9-5-6-11-13(8-10(2)19-15(11)18-9)21-22-7-3-4-12-14(22)17(24)20-16(12)23/h3-6,8H,7H2,1-2H3,(H,18,19,21)(H,20,23,24). The van der Waals surface area contributed by atoms with E-state index in [1.807, 2.05) is 38.1 Å². The van der Waals surface area contributed by atoms with Crippen molar-refractivity contribution in [2.24, 2.45) is 0 Å². The molecule has 4 heterocycles. The summed E-state index contributed by atoms with van der Waals surface area (Å²) in [4.78, 5) is 32.8. The zero-order chi connectivity index (χ0) is 16.8. The Kier molecular flexibility index (Phi) is 3.09. The normalized spacial score (nSPS) is 16.7. The van der Waals surface area contributed by atoms with Crippen LogP contribution in [0, 0.1) is 13.8 Å². The molecule has 0 aliphatic carbocycles. The summed E-state index contributed by atoms with van der Waals surface area (Å²) in [5, 5.41) is 4.85. The van der Waals surface area contributed by atoms with Gasteiger partial charge in [-0.15, -0.1) is 0 Å². The molecule has 120 valence electrons. The second kappa shape index (κ2) is 5.16. The van der Waals surface area contributed by atoms with Gasteiger partial charge in [0.2, 0.25) is 0 Å². The van der Waals surface area contributed by atoms with E-state index in [4.69, 9.17) is 0 Å². The SMILES string of the molecule is Cc1ccc2c(NN3CC=CC4=C3C(=O)NC4=O)cc(C)nc2n1. The predicted octanol–water partition coefficient (Wildman–Crippen LogP) is 1.36. The van der Waals surface area contributed by atoms with Gasteiger partial charge in [0.05, 0.1) is 17.8 Å². The van der Waals surface area contributed by atoms with Crippen molar-refractivity contribution < 1.29 is 9.59 Å². The van der Waals surface area contributed by atoms with E-state index in [2.05, 4.69) is 20.7 Å². The fourth-order valence-electron chi connectivity index (χ4n) is 2.91. The van der Waals surface area contributed by atoms with Gasteiger partial charge in [0.1, 0.15) is 5.70 Å². The number of imide groups is 1. The molecule has 4 rings (SSSR count). The Morgan fingerprint density at radius 2 is 1.92 bits per heavy atom. The third-order valence-electron chi connectivity index (χ3n) is 3.98. The lowest BCUT2D eigenvalue weighted by Gasteiger charge is -2.28. The number of rotatable bonds is 2. The summed E-state index contributed by atoms with van der Waals surface area (Å²) in [6, 6.07) is 5.76. The fourth-order valence-corrected chi connectivity index (χ4v) is 2.91. The number of carbonyl (C=O) groups is 2. The maximum absolute atomic E-state index is 12.1. The lowest BCUT2D eigenvalue weighted by molar-refractivity contribution is -0.124. The van der Waals surface area contributed by atoms with Gasteiger partial charge in [0, 0.05) is 16.8 Å². The molecule has 24 heavy (non-hydrogen) atoms. The molecule has 0 atom stereocenters. The van der Waals surface area contributed by atoms with Crippen molar-refractivity contribution in [2.45, 2.75) is 13.8 Å². The van der Waals surface area contributed by atoms with E-state index < -0.39 is 5.91 Å². The molecule has 0 saturated heterocycles. The number of fused-ring (bicyclic) bond motifs is 1. The first kappa shape index (κ1) is 14.4. The van der Waals surface area contributed by atoms with E-state index in [1.54, 1.807) is 11.1 Å². The molecule has 7 nitrogen and oxygen atoms in total. The minimum atomic E-state index is -0.393. The van der Waals surface area contributed by atoms with Crippen LogP contribution < -0.4 is 10.7 Å². The molecule has 2 aromatic heterocycles. The number of nitrogens with one attached hydrogen (secondary N) is 2. The van der Waals surface area contributed by atoms with Gasteiger partial charge in [-0.3, -0.25) is 25.3 Å². The number of hydrogen-bond donors (Lipinski definition) is 2. The molecule has 0 radical (unpaired) electrons. The van der Waals surface area contributed by atoms with Crippen LogP contribution in [0.5, 0.6) is 0 Å². The Morgan fingerprint density at radius 3 is 2.75 bits per heavy atom. The highest BCUT2D eigenvalue weighted by Crippen LogP contribution is 2.27. The summed E-state index contributed by atoms with van der Waals surface area (Å²) in [5.74, 6) is -0.762. The molecule has 0 unspecified atom stereocenters. The van der Waals surface area contributed by atoms with Crippen LogP contribution in [-0.2, 0) is 9.59 Å². The Labute approximate surface area is 138 Å². The fraction of sp³-hybridized carbons (Fsp3) is 0.176. The van der Waals surface area contributed by atoms with Gasteiger partial charge < -0.3 is 0 Å². The number of hydrazine groups is 1. The molecule has 2 aromatic rings. The molecule has 0 bridgehead atoms. The largest absolute Gasteiger partial charge is 0.297 e. The van der Waals surface area contributed by atoms with Crippen molar-refractivity contribution in [3.8, 4) is 0 Å². The van der Waals surface area contributed by atoms with Gasteiger partial charge in [-0.2, -0.15) is 0 Å². The van der Waals surface area contributed by atoms with Crippen molar-refractivity contribution in [1.29, 1.82) is 0 Å². The zero-order valence-corrected chi connectivity index (χ0v) is 13.3. The Bertz CT molecular complexity index is 956.